The van der Waals surface area contributed by atoms with Crippen LogP contribution in [0.15, 0.2) is 12.7 Å². The number of rotatable bonds is 3. The van der Waals surface area contributed by atoms with Crippen molar-refractivity contribution in [2.45, 2.75) is 31.7 Å². The van der Waals surface area contributed by atoms with Crippen LogP contribution in [0.5, 0.6) is 0 Å². The Morgan fingerprint density at radius 2 is 1.92 bits per heavy atom. The minimum Gasteiger partial charge on any atom is -0.373 e. The first-order valence-electron chi connectivity index (χ1n) is 4.48. The highest BCUT2D eigenvalue weighted by Crippen LogP contribution is 2.28. The summed E-state index contributed by atoms with van der Waals surface area (Å²) in [5.41, 5.74) is -0.336. The monoisotopic (exact) mass is 186 g/mol. The Kier molecular flexibility index (Phi) is 3.11. The number of hydrogen-bond acceptors (Lipinski definition) is 3. The quantitative estimate of drug-likeness (QED) is 0.628. The van der Waals surface area contributed by atoms with Crippen LogP contribution < -0.4 is 0 Å². The highest BCUT2D eigenvalue weighted by Gasteiger charge is 2.39. The zero-order chi connectivity index (χ0) is 9.95. The largest absolute Gasteiger partial charge is 0.373 e. The third kappa shape index (κ3) is 2.53. The van der Waals surface area contributed by atoms with Gasteiger partial charge in [-0.15, -0.1) is 6.58 Å². The molecule has 0 spiro atoms. The molecule has 3 nitrogen and oxygen atoms in total. The molecule has 0 atom stereocenters. The second-order valence-electron chi connectivity index (χ2n) is 3.86. The lowest BCUT2D eigenvalue weighted by Crippen LogP contribution is -2.52. The van der Waals surface area contributed by atoms with E-state index in [9.17, 15) is 0 Å². The van der Waals surface area contributed by atoms with E-state index in [1.807, 2.05) is 19.9 Å². The predicted molar refractivity (Wildman–Crippen MR) is 50.5 cm³/mol. The standard InChI is InChI=1S/C10H18O3/c1-5-6-10(11-4)7-12-9(2,3)13-8-10/h5H,1,6-8H2,2-4H3. The van der Waals surface area contributed by atoms with Crippen LogP contribution in [0.4, 0.5) is 0 Å². The van der Waals surface area contributed by atoms with Crippen LogP contribution in [0, 0.1) is 0 Å². The first-order valence-corrected chi connectivity index (χ1v) is 4.48. The van der Waals surface area contributed by atoms with Gasteiger partial charge in [0.25, 0.3) is 0 Å². The van der Waals surface area contributed by atoms with Gasteiger partial charge in [-0.2, -0.15) is 0 Å². The van der Waals surface area contributed by atoms with E-state index >= 15 is 0 Å². The first-order chi connectivity index (χ1) is 6.04. The van der Waals surface area contributed by atoms with Gasteiger partial charge < -0.3 is 14.2 Å². The summed E-state index contributed by atoms with van der Waals surface area (Å²) < 4.78 is 16.5. The summed E-state index contributed by atoms with van der Waals surface area (Å²) in [7, 11) is 1.68. The van der Waals surface area contributed by atoms with Crippen LogP contribution >= 0.6 is 0 Å². The van der Waals surface area contributed by atoms with Gasteiger partial charge >= 0.3 is 0 Å². The van der Waals surface area contributed by atoms with Crippen molar-refractivity contribution in [3.63, 3.8) is 0 Å². The lowest BCUT2D eigenvalue weighted by Gasteiger charge is -2.42. The van der Waals surface area contributed by atoms with Gasteiger partial charge in [-0.05, 0) is 20.3 Å². The molecule has 3 heteroatoms. The molecule has 0 aliphatic carbocycles. The minimum atomic E-state index is -0.483. The van der Waals surface area contributed by atoms with Crippen molar-refractivity contribution in [3.8, 4) is 0 Å². The van der Waals surface area contributed by atoms with Crippen molar-refractivity contribution in [3.05, 3.63) is 12.7 Å². The molecular weight excluding hydrogens is 168 g/mol. The first kappa shape index (κ1) is 10.7. The second-order valence-corrected chi connectivity index (χ2v) is 3.86. The zero-order valence-electron chi connectivity index (χ0n) is 8.63. The Morgan fingerprint density at radius 3 is 2.31 bits per heavy atom. The summed E-state index contributed by atoms with van der Waals surface area (Å²) in [5, 5.41) is 0. The molecule has 0 N–H and O–H groups in total. The molecule has 0 aromatic heterocycles. The molecule has 1 aliphatic heterocycles. The Balaban J connectivity index is 2.57. The summed E-state index contributed by atoms with van der Waals surface area (Å²) in [5.74, 6) is -0.483. The smallest absolute Gasteiger partial charge is 0.163 e. The normalized spacial score (nSPS) is 25.5. The Morgan fingerprint density at radius 1 is 1.38 bits per heavy atom. The lowest BCUT2D eigenvalue weighted by atomic mass is 10.0. The van der Waals surface area contributed by atoms with Gasteiger partial charge in [-0.3, -0.25) is 0 Å². The van der Waals surface area contributed by atoms with Crippen LogP contribution in [0.3, 0.4) is 0 Å². The number of hydrogen-bond donors (Lipinski definition) is 0. The van der Waals surface area contributed by atoms with Crippen LogP contribution in [0.2, 0.25) is 0 Å². The van der Waals surface area contributed by atoms with Gasteiger partial charge in [0.2, 0.25) is 0 Å². The van der Waals surface area contributed by atoms with Crippen molar-refractivity contribution in [1.29, 1.82) is 0 Å². The maximum atomic E-state index is 5.53. The highest BCUT2D eigenvalue weighted by molar-refractivity contribution is 4.91. The molecule has 76 valence electrons. The molecule has 0 saturated carbocycles. The molecule has 1 fully saturated rings. The lowest BCUT2D eigenvalue weighted by molar-refractivity contribution is -0.305. The zero-order valence-corrected chi connectivity index (χ0v) is 8.63. The molecule has 0 unspecified atom stereocenters. The van der Waals surface area contributed by atoms with Crippen molar-refractivity contribution < 1.29 is 14.2 Å². The van der Waals surface area contributed by atoms with E-state index in [0.717, 1.165) is 6.42 Å². The summed E-state index contributed by atoms with van der Waals surface area (Å²) in [6.07, 6.45) is 2.58. The van der Waals surface area contributed by atoms with E-state index in [-0.39, 0.29) is 5.60 Å². The fourth-order valence-corrected chi connectivity index (χ4v) is 1.28. The number of ether oxygens (including phenoxy) is 3. The minimum absolute atomic E-state index is 0.336. The summed E-state index contributed by atoms with van der Waals surface area (Å²) in [6.45, 7) is 8.62. The number of methoxy groups -OCH3 is 1. The van der Waals surface area contributed by atoms with Crippen molar-refractivity contribution in [2.24, 2.45) is 0 Å². The average molecular weight is 186 g/mol. The van der Waals surface area contributed by atoms with E-state index in [4.69, 9.17) is 14.2 Å². The molecule has 1 rings (SSSR count). The fraction of sp³-hybridized carbons (Fsp3) is 0.800. The average Bonchev–Trinajstić information content (AvgIpc) is 2.10. The Bertz CT molecular complexity index is 177. The van der Waals surface area contributed by atoms with Gasteiger partial charge in [0.15, 0.2) is 5.79 Å². The molecule has 1 saturated heterocycles. The molecule has 13 heavy (non-hydrogen) atoms. The van der Waals surface area contributed by atoms with Crippen LogP contribution in [-0.4, -0.2) is 31.7 Å². The third-order valence-corrected chi connectivity index (χ3v) is 2.31. The molecule has 0 radical (unpaired) electrons. The van der Waals surface area contributed by atoms with Crippen LogP contribution in [0.25, 0.3) is 0 Å². The van der Waals surface area contributed by atoms with E-state index in [1.165, 1.54) is 0 Å². The third-order valence-electron chi connectivity index (χ3n) is 2.31. The fourth-order valence-electron chi connectivity index (χ4n) is 1.28. The van der Waals surface area contributed by atoms with Gasteiger partial charge in [0.1, 0.15) is 5.60 Å². The molecular formula is C10H18O3. The molecule has 0 aromatic carbocycles. The SMILES string of the molecule is C=CCC1(OC)COC(C)(C)OC1. The van der Waals surface area contributed by atoms with Crippen LogP contribution in [-0.2, 0) is 14.2 Å². The predicted octanol–water partition coefficient (Wildman–Crippen LogP) is 1.73. The summed E-state index contributed by atoms with van der Waals surface area (Å²) in [4.78, 5) is 0. The highest BCUT2D eigenvalue weighted by atomic mass is 16.7. The Labute approximate surface area is 79.7 Å². The second kappa shape index (κ2) is 3.78. The van der Waals surface area contributed by atoms with Crippen molar-refractivity contribution in [2.75, 3.05) is 20.3 Å². The van der Waals surface area contributed by atoms with E-state index in [0.29, 0.717) is 13.2 Å². The molecule has 1 aliphatic rings. The maximum absolute atomic E-state index is 5.53. The van der Waals surface area contributed by atoms with E-state index < -0.39 is 5.79 Å². The van der Waals surface area contributed by atoms with Crippen molar-refractivity contribution in [1.82, 2.24) is 0 Å². The molecule has 0 bridgehead atoms. The van der Waals surface area contributed by atoms with E-state index in [1.54, 1.807) is 7.11 Å². The van der Waals surface area contributed by atoms with Gasteiger partial charge in [-0.1, -0.05) is 6.08 Å². The molecule has 0 amide bonds. The Hall–Kier alpha value is -0.380. The van der Waals surface area contributed by atoms with Gasteiger partial charge in [-0.25, -0.2) is 0 Å². The van der Waals surface area contributed by atoms with Gasteiger partial charge in [0, 0.05) is 7.11 Å². The summed E-state index contributed by atoms with van der Waals surface area (Å²) >= 11 is 0. The molecule has 1 heterocycles. The van der Waals surface area contributed by atoms with Crippen molar-refractivity contribution >= 4 is 0 Å². The van der Waals surface area contributed by atoms with E-state index in [2.05, 4.69) is 6.58 Å². The topological polar surface area (TPSA) is 27.7 Å². The molecule has 0 aromatic rings. The summed E-state index contributed by atoms with van der Waals surface area (Å²) in [6, 6.07) is 0. The van der Waals surface area contributed by atoms with Crippen LogP contribution in [0.1, 0.15) is 20.3 Å². The van der Waals surface area contributed by atoms with Gasteiger partial charge in [0.05, 0.1) is 13.2 Å². The maximum Gasteiger partial charge on any atom is 0.163 e.